The van der Waals surface area contributed by atoms with Crippen molar-refractivity contribution in [3.8, 4) is 5.75 Å². The molecule has 0 saturated carbocycles. The van der Waals surface area contributed by atoms with Crippen LogP contribution in [0, 0.1) is 5.92 Å². The van der Waals surface area contributed by atoms with E-state index in [1.54, 1.807) is 7.11 Å². The maximum absolute atomic E-state index is 12.6. The Morgan fingerprint density at radius 3 is 2.61 bits per heavy atom. The lowest BCUT2D eigenvalue weighted by Gasteiger charge is -2.44. The van der Waals surface area contributed by atoms with Crippen molar-refractivity contribution in [3.05, 3.63) is 42.0 Å². The van der Waals surface area contributed by atoms with Crippen molar-refractivity contribution in [2.75, 3.05) is 26.7 Å². The zero-order valence-corrected chi connectivity index (χ0v) is 13.4. The second kappa shape index (κ2) is 5.85. The Balaban J connectivity index is 1.54. The minimum Gasteiger partial charge on any atom is -0.497 e. The van der Waals surface area contributed by atoms with E-state index in [1.807, 2.05) is 36.4 Å². The SMILES string of the molecule is COc1ccc2ccc(C(=O)N[C@H]3CN4CCC3CC4)cc2c1. The molecule has 4 nitrogen and oxygen atoms in total. The molecule has 23 heavy (non-hydrogen) atoms. The molecule has 0 unspecified atom stereocenters. The van der Waals surface area contributed by atoms with Gasteiger partial charge in [0.05, 0.1) is 7.11 Å². The van der Waals surface area contributed by atoms with Gasteiger partial charge in [0, 0.05) is 18.2 Å². The highest BCUT2D eigenvalue weighted by atomic mass is 16.5. The summed E-state index contributed by atoms with van der Waals surface area (Å²) in [6.45, 7) is 3.37. The molecule has 3 aliphatic rings. The van der Waals surface area contributed by atoms with Gasteiger partial charge in [-0.2, -0.15) is 0 Å². The van der Waals surface area contributed by atoms with Gasteiger partial charge in [0.2, 0.25) is 0 Å². The first kappa shape index (κ1) is 14.5. The summed E-state index contributed by atoms with van der Waals surface area (Å²) < 4.78 is 5.27. The maximum Gasteiger partial charge on any atom is 0.251 e. The van der Waals surface area contributed by atoms with Gasteiger partial charge in [-0.25, -0.2) is 0 Å². The summed E-state index contributed by atoms with van der Waals surface area (Å²) in [5.41, 5.74) is 0.724. The van der Waals surface area contributed by atoms with Gasteiger partial charge in [0.15, 0.2) is 0 Å². The van der Waals surface area contributed by atoms with Gasteiger partial charge in [0.25, 0.3) is 5.91 Å². The minimum absolute atomic E-state index is 0.0356. The standard InChI is InChI=1S/C19H22N2O2/c1-23-17-5-4-13-2-3-15(10-16(13)11-17)19(22)20-18-12-21-8-6-14(18)7-9-21/h2-5,10-11,14,18H,6-9,12H2,1H3,(H,20,22)/t18-/m0/s1. The average molecular weight is 310 g/mol. The topological polar surface area (TPSA) is 41.6 Å². The molecular formula is C19H22N2O2. The number of hydrogen-bond donors (Lipinski definition) is 1. The third kappa shape index (κ3) is 2.79. The van der Waals surface area contributed by atoms with Gasteiger partial charge >= 0.3 is 0 Å². The molecule has 2 aromatic rings. The van der Waals surface area contributed by atoms with E-state index in [2.05, 4.69) is 10.2 Å². The molecule has 3 fully saturated rings. The lowest BCUT2D eigenvalue weighted by Crippen LogP contribution is -2.57. The normalized spacial score (nSPS) is 26.2. The van der Waals surface area contributed by atoms with Crippen LogP contribution in [0.2, 0.25) is 0 Å². The number of benzene rings is 2. The monoisotopic (exact) mass is 310 g/mol. The Bertz CT molecular complexity index is 735. The molecule has 1 atom stereocenters. The predicted octanol–water partition coefficient (Wildman–Crippen LogP) is 2.67. The highest BCUT2D eigenvalue weighted by molar-refractivity contribution is 5.99. The largest absolute Gasteiger partial charge is 0.497 e. The zero-order valence-electron chi connectivity index (χ0n) is 13.4. The van der Waals surface area contributed by atoms with Crippen molar-refractivity contribution >= 4 is 16.7 Å². The van der Waals surface area contributed by atoms with Gasteiger partial charge in [-0.1, -0.05) is 12.1 Å². The van der Waals surface area contributed by atoms with Crippen LogP contribution >= 0.6 is 0 Å². The molecule has 3 aliphatic heterocycles. The van der Waals surface area contributed by atoms with Crippen molar-refractivity contribution in [3.63, 3.8) is 0 Å². The Labute approximate surface area is 136 Å². The number of ether oxygens (including phenoxy) is 1. The first-order valence-corrected chi connectivity index (χ1v) is 8.34. The van der Waals surface area contributed by atoms with Crippen LogP contribution in [0.4, 0.5) is 0 Å². The van der Waals surface area contributed by atoms with Crippen LogP contribution in [-0.2, 0) is 0 Å². The summed E-state index contributed by atoms with van der Waals surface area (Å²) >= 11 is 0. The van der Waals surface area contributed by atoms with E-state index in [9.17, 15) is 4.79 Å². The van der Waals surface area contributed by atoms with E-state index in [0.717, 1.165) is 28.6 Å². The number of hydrogen-bond acceptors (Lipinski definition) is 3. The third-order valence-electron chi connectivity index (χ3n) is 5.28. The summed E-state index contributed by atoms with van der Waals surface area (Å²) in [5.74, 6) is 1.49. The molecule has 0 spiro atoms. The maximum atomic E-state index is 12.6. The molecule has 4 heteroatoms. The number of carbonyl (C=O) groups excluding carboxylic acids is 1. The molecule has 2 aromatic carbocycles. The fourth-order valence-electron chi connectivity index (χ4n) is 3.87. The summed E-state index contributed by atoms with van der Waals surface area (Å²) in [7, 11) is 1.66. The molecule has 0 aromatic heterocycles. The molecule has 3 heterocycles. The van der Waals surface area contributed by atoms with Crippen molar-refractivity contribution in [1.82, 2.24) is 10.2 Å². The summed E-state index contributed by atoms with van der Waals surface area (Å²) in [5, 5.41) is 5.40. The first-order chi connectivity index (χ1) is 11.2. The minimum atomic E-state index is 0.0356. The highest BCUT2D eigenvalue weighted by Gasteiger charge is 2.34. The van der Waals surface area contributed by atoms with Crippen molar-refractivity contribution in [2.45, 2.75) is 18.9 Å². The third-order valence-corrected chi connectivity index (χ3v) is 5.28. The Kier molecular flexibility index (Phi) is 3.69. The van der Waals surface area contributed by atoms with Crippen LogP contribution in [0.1, 0.15) is 23.2 Å². The van der Waals surface area contributed by atoms with Crippen molar-refractivity contribution in [1.29, 1.82) is 0 Å². The first-order valence-electron chi connectivity index (χ1n) is 8.34. The Morgan fingerprint density at radius 1 is 1.13 bits per heavy atom. The summed E-state index contributed by atoms with van der Waals surface area (Å²) in [6, 6.07) is 12.1. The van der Waals surface area contributed by atoms with Gasteiger partial charge in [-0.3, -0.25) is 4.79 Å². The highest BCUT2D eigenvalue weighted by Crippen LogP contribution is 2.28. The van der Waals surface area contributed by atoms with Crippen LogP contribution in [0.3, 0.4) is 0 Å². The number of methoxy groups -OCH3 is 1. The predicted molar refractivity (Wildman–Crippen MR) is 90.9 cm³/mol. The van der Waals surface area contributed by atoms with Crippen LogP contribution in [-0.4, -0.2) is 43.6 Å². The van der Waals surface area contributed by atoms with E-state index in [4.69, 9.17) is 4.74 Å². The number of piperidine rings is 3. The quantitative estimate of drug-likeness (QED) is 0.947. The van der Waals surface area contributed by atoms with E-state index in [-0.39, 0.29) is 5.91 Å². The lowest BCUT2D eigenvalue weighted by atomic mass is 9.84. The Morgan fingerprint density at radius 2 is 1.91 bits per heavy atom. The summed E-state index contributed by atoms with van der Waals surface area (Å²) in [6.07, 6.45) is 2.42. The van der Waals surface area contributed by atoms with E-state index in [1.165, 1.54) is 25.9 Å². The number of carbonyl (C=O) groups is 1. The van der Waals surface area contributed by atoms with Crippen LogP contribution in [0.15, 0.2) is 36.4 Å². The Hall–Kier alpha value is -2.07. The van der Waals surface area contributed by atoms with Gasteiger partial charge < -0.3 is 15.0 Å². The molecule has 120 valence electrons. The number of nitrogens with zero attached hydrogens (tertiary/aromatic N) is 1. The number of amides is 1. The molecule has 0 radical (unpaired) electrons. The second-order valence-corrected chi connectivity index (χ2v) is 6.65. The van der Waals surface area contributed by atoms with Gasteiger partial charge in [-0.05, 0) is 66.9 Å². The van der Waals surface area contributed by atoms with E-state index in [0.29, 0.717) is 12.0 Å². The van der Waals surface area contributed by atoms with E-state index < -0.39 is 0 Å². The molecule has 0 aliphatic carbocycles. The average Bonchev–Trinajstić information content (AvgIpc) is 2.61. The van der Waals surface area contributed by atoms with Crippen LogP contribution in [0.5, 0.6) is 5.75 Å². The van der Waals surface area contributed by atoms with Gasteiger partial charge in [-0.15, -0.1) is 0 Å². The fraction of sp³-hybridized carbons (Fsp3) is 0.421. The van der Waals surface area contributed by atoms with Crippen LogP contribution in [0.25, 0.3) is 10.8 Å². The van der Waals surface area contributed by atoms with E-state index >= 15 is 0 Å². The van der Waals surface area contributed by atoms with Crippen molar-refractivity contribution in [2.24, 2.45) is 5.92 Å². The number of rotatable bonds is 3. The van der Waals surface area contributed by atoms with Crippen molar-refractivity contribution < 1.29 is 9.53 Å². The molecule has 1 N–H and O–H groups in total. The zero-order chi connectivity index (χ0) is 15.8. The second-order valence-electron chi connectivity index (χ2n) is 6.65. The smallest absolute Gasteiger partial charge is 0.251 e. The molecule has 2 bridgehead atoms. The molecule has 5 rings (SSSR count). The van der Waals surface area contributed by atoms with Crippen LogP contribution < -0.4 is 10.1 Å². The summed E-state index contributed by atoms with van der Waals surface area (Å²) in [4.78, 5) is 15.1. The molecule has 3 saturated heterocycles. The number of fused-ring (bicyclic) bond motifs is 4. The fourth-order valence-corrected chi connectivity index (χ4v) is 3.87. The lowest BCUT2D eigenvalue weighted by molar-refractivity contribution is 0.0620. The number of nitrogens with one attached hydrogen (secondary N) is 1. The van der Waals surface area contributed by atoms with Gasteiger partial charge in [0.1, 0.15) is 5.75 Å². The molecule has 1 amide bonds. The molecular weight excluding hydrogens is 288 g/mol.